The lowest BCUT2D eigenvalue weighted by molar-refractivity contribution is 0.0735. The van der Waals surface area contributed by atoms with E-state index in [1.165, 1.54) is 0 Å². The van der Waals surface area contributed by atoms with E-state index in [1.54, 1.807) is 7.11 Å². The first-order valence-corrected chi connectivity index (χ1v) is 10.2. The lowest BCUT2D eigenvalue weighted by Crippen LogP contribution is -2.11. The topological polar surface area (TPSA) is 48.4 Å². The molecule has 31 heavy (non-hydrogen) atoms. The van der Waals surface area contributed by atoms with Gasteiger partial charge >= 0.3 is 5.97 Å². The third kappa shape index (κ3) is 4.02. The molecule has 0 N–H and O–H groups in total. The Balaban J connectivity index is 1.89. The van der Waals surface area contributed by atoms with Crippen molar-refractivity contribution in [3.8, 4) is 22.8 Å². The highest BCUT2D eigenvalue weighted by Gasteiger charge is 2.19. The van der Waals surface area contributed by atoms with Crippen molar-refractivity contribution in [2.24, 2.45) is 0 Å². The van der Waals surface area contributed by atoms with Gasteiger partial charge in [-0.3, -0.25) is 0 Å². The lowest BCUT2D eigenvalue weighted by atomic mass is 9.99. The number of pyridine rings is 1. The average Bonchev–Trinajstić information content (AvgIpc) is 2.76. The number of benzene rings is 3. The Morgan fingerprint density at radius 2 is 1.65 bits per heavy atom. The van der Waals surface area contributed by atoms with Crippen LogP contribution in [0, 0.1) is 27.7 Å². The molecule has 0 unspecified atom stereocenters. The summed E-state index contributed by atoms with van der Waals surface area (Å²) in [7, 11) is 1.63. The largest absolute Gasteiger partial charge is 0.497 e. The summed E-state index contributed by atoms with van der Waals surface area (Å²) >= 11 is 0. The molecule has 1 aromatic heterocycles. The quantitative estimate of drug-likeness (QED) is 0.289. The first kappa shape index (κ1) is 20.6. The monoisotopic (exact) mass is 411 g/mol. The van der Waals surface area contributed by atoms with Gasteiger partial charge in [0.2, 0.25) is 0 Å². The highest BCUT2D eigenvalue weighted by molar-refractivity contribution is 6.06. The Morgan fingerprint density at radius 1 is 0.871 bits per heavy atom. The van der Waals surface area contributed by atoms with Crippen molar-refractivity contribution in [1.29, 1.82) is 0 Å². The molecule has 3 aromatic carbocycles. The first-order valence-electron chi connectivity index (χ1n) is 10.2. The predicted octanol–water partition coefficient (Wildman–Crippen LogP) is 6.36. The van der Waals surface area contributed by atoms with E-state index in [4.69, 9.17) is 14.5 Å². The molecule has 1 heterocycles. The summed E-state index contributed by atoms with van der Waals surface area (Å²) in [5, 5.41) is 0.791. The van der Waals surface area contributed by atoms with Crippen molar-refractivity contribution >= 4 is 16.9 Å². The fourth-order valence-electron chi connectivity index (χ4n) is 3.77. The molecule has 0 aliphatic carbocycles. The molecular weight excluding hydrogens is 386 g/mol. The summed E-state index contributed by atoms with van der Waals surface area (Å²) in [5.74, 6) is 0.914. The summed E-state index contributed by atoms with van der Waals surface area (Å²) < 4.78 is 11.2. The van der Waals surface area contributed by atoms with Crippen LogP contribution >= 0.6 is 0 Å². The van der Waals surface area contributed by atoms with E-state index in [2.05, 4.69) is 6.07 Å². The van der Waals surface area contributed by atoms with Crippen molar-refractivity contribution in [2.45, 2.75) is 27.7 Å². The number of carbonyl (C=O) groups is 1. The molecule has 0 amide bonds. The lowest BCUT2D eigenvalue weighted by Gasteiger charge is -2.14. The van der Waals surface area contributed by atoms with Gasteiger partial charge in [0.05, 0.1) is 23.9 Å². The van der Waals surface area contributed by atoms with Crippen molar-refractivity contribution in [2.75, 3.05) is 7.11 Å². The Bertz CT molecular complexity index is 1310. The van der Waals surface area contributed by atoms with Gasteiger partial charge < -0.3 is 9.47 Å². The number of aryl methyl sites for hydroxylation is 3. The van der Waals surface area contributed by atoms with Crippen LogP contribution in [0.4, 0.5) is 0 Å². The van der Waals surface area contributed by atoms with Gasteiger partial charge in [0.15, 0.2) is 0 Å². The van der Waals surface area contributed by atoms with Crippen LogP contribution in [0.2, 0.25) is 0 Å². The zero-order valence-corrected chi connectivity index (χ0v) is 18.4. The highest BCUT2D eigenvalue weighted by atomic mass is 16.5. The predicted molar refractivity (Wildman–Crippen MR) is 124 cm³/mol. The number of nitrogens with zero attached hydrogens (tertiary/aromatic N) is 1. The van der Waals surface area contributed by atoms with E-state index < -0.39 is 5.97 Å². The molecule has 0 saturated heterocycles. The van der Waals surface area contributed by atoms with Gasteiger partial charge in [-0.15, -0.1) is 0 Å². The highest BCUT2D eigenvalue weighted by Crippen LogP contribution is 2.31. The van der Waals surface area contributed by atoms with Gasteiger partial charge in [-0.05, 0) is 74.7 Å². The summed E-state index contributed by atoms with van der Waals surface area (Å²) in [6, 6.07) is 19.3. The maximum Gasteiger partial charge on any atom is 0.344 e. The second kappa shape index (κ2) is 8.23. The third-order valence-corrected chi connectivity index (χ3v) is 5.59. The number of hydrogen-bond acceptors (Lipinski definition) is 4. The Kier molecular flexibility index (Phi) is 5.47. The van der Waals surface area contributed by atoms with E-state index in [9.17, 15) is 4.79 Å². The van der Waals surface area contributed by atoms with Crippen molar-refractivity contribution in [3.05, 3.63) is 88.5 Å². The molecule has 0 atom stereocenters. The number of methoxy groups -OCH3 is 1. The number of rotatable bonds is 4. The minimum atomic E-state index is -0.393. The summed E-state index contributed by atoms with van der Waals surface area (Å²) in [6.45, 7) is 7.99. The molecule has 0 radical (unpaired) electrons. The van der Waals surface area contributed by atoms with Gasteiger partial charge in [0.1, 0.15) is 11.5 Å². The number of esters is 1. The number of ether oxygens (including phenoxy) is 2. The number of fused-ring (bicyclic) bond motifs is 1. The molecule has 0 aliphatic rings. The standard InChI is InChI=1S/C27H25NO3/c1-16-12-18(3)26-22(13-16)23(27(29)31-25-11-6-8-17(2)19(25)4)15-24(28-26)20-9-7-10-21(14-20)30-5/h6-15H,1-5H3. The van der Waals surface area contributed by atoms with E-state index in [0.29, 0.717) is 17.0 Å². The minimum Gasteiger partial charge on any atom is -0.497 e. The molecule has 4 nitrogen and oxygen atoms in total. The van der Waals surface area contributed by atoms with Crippen LogP contribution in [0.25, 0.3) is 22.2 Å². The summed E-state index contributed by atoms with van der Waals surface area (Å²) in [6.07, 6.45) is 0. The van der Waals surface area contributed by atoms with E-state index >= 15 is 0 Å². The Labute approximate surface area is 182 Å². The molecule has 4 rings (SSSR count). The number of aromatic nitrogens is 1. The Hall–Kier alpha value is -3.66. The molecule has 4 heteroatoms. The van der Waals surface area contributed by atoms with Crippen LogP contribution in [0.5, 0.6) is 11.5 Å². The molecule has 4 aromatic rings. The maximum atomic E-state index is 13.3. The normalized spacial score (nSPS) is 10.9. The van der Waals surface area contributed by atoms with Crippen molar-refractivity contribution in [1.82, 2.24) is 4.98 Å². The van der Waals surface area contributed by atoms with Gasteiger partial charge in [-0.2, -0.15) is 0 Å². The minimum absolute atomic E-state index is 0.393. The molecule has 0 fully saturated rings. The molecule has 0 aliphatic heterocycles. The fraction of sp³-hybridized carbons (Fsp3) is 0.185. The van der Waals surface area contributed by atoms with Gasteiger partial charge in [-0.1, -0.05) is 35.9 Å². The SMILES string of the molecule is COc1cccc(-c2cc(C(=O)Oc3cccc(C)c3C)c3cc(C)cc(C)c3n2)c1. The number of carbonyl (C=O) groups excluding carboxylic acids is 1. The third-order valence-electron chi connectivity index (χ3n) is 5.59. The molecule has 0 spiro atoms. The second-order valence-electron chi connectivity index (χ2n) is 7.85. The molecular formula is C27H25NO3. The number of hydrogen-bond donors (Lipinski definition) is 0. The van der Waals surface area contributed by atoms with E-state index in [-0.39, 0.29) is 0 Å². The second-order valence-corrected chi connectivity index (χ2v) is 7.85. The van der Waals surface area contributed by atoms with Gasteiger partial charge in [0.25, 0.3) is 0 Å². The zero-order chi connectivity index (χ0) is 22.1. The van der Waals surface area contributed by atoms with Crippen molar-refractivity contribution < 1.29 is 14.3 Å². The van der Waals surface area contributed by atoms with Crippen LogP contribution in [-0.2, 0) is 0 Å². The molecule has 156 valence electrons. The Morgan fingerprint density at radius 3 is 2.42 bits per heavy atom. The van der Waals surface area contributed by atoms with Crippen LogP contribution in [0.1, 0.15) is 32.6 Å². The van der Waals surface area contributed by atoms with Gasteiger partial charge in [-0.25, -0.2) is 9.78 Å². The van der Waals surface area contributed by atoms with Crippen LogP contribution in [0.3, 0.4) is 0 Å². The van der Waals surface area contributed by atoms with Gasteiger partial charge in [0, 0.05) is 10.9 Å². The van der Waals surface area contributed by atoms with Crippen LogP contribution in [0.15, 0.2) is 60.7 Å². The summed E-state index contributed by atoms with van der Waals surface area (Å²) in [5.41, 5.74) is 6.98. The first-order chi connectivity index (χ1) is 14.9. The fourth-order valence-corrected chi connectivity index (χ4v) is 3.77. The van der Waals surface area contributed by atoms with E-state index in [0.717, 1.165) is 44.5 Å². The van der Waals surface area contributed by atoms with Crippen LogP contribution in [-0.4, -0.2) is 18.1 Å². The molecule has 0 saturated carbocycles. The zero-order valence-electron chi connectivity index (χ0n) is 18.4. The smallest absolute Gasteiger partial charge is 0.344 e. The van der Waals surface area contributed by atoms with Crippen LogP contribution < -0.4 is 9.47 Å². The molecule has 0 bridgehead atoms. The summed E-state index contributed by atoms with van der Waals surface area (Å²) in [4.78, 5) is 18.2. The average molecular weight is 412 g/mol. The van der Waals surface area contributed by atoms with E-state index in [1.807, 2.05) is 82.3 Å². The maximum absolute atomic E-state index is 13.3. The van der Waals surface area contributed by atoms with Crippen molar-refractivity contribution in [3.63, 3.8) is 0 Å².